The number of methoxy groups -OCH3 is 1. The van der Waals surface area contributed by atoms with Gasteiger partial charge >= 0.3 is 5.97 Å². The second kappa shape index (κ2) is 13.3. The Hall–Kier alpha value is -2.84. The Bertz CT molecular complexity index is 1100. The van der Waals surface area contributed by atoms with Crippen molar-refractivity contribution in [3.8, 4) is 11.5 Å². The number of amides is 1. The van der Waals surface area contributed by atoms with E-state index < -0.39 is 0 Å². The lowest BCUT2D eigenvalue weighted by Crippen LogP contribution is -2.29. The number of carbonyl (C=O) groups is 2. The molecule has 8 heteroatoms. The Balaban J connectivity index is 1.64. The second-order valence-corrected chi connectivity index (χ2v) is 9.75. The lowest BCUT2D eigenvalue weighted by molar-refractivity contribution is -0.140. The van der Waals surface area contributed by atoms with E-state index in [1.807, 2.05) is 49.4 Å². The Labute approximate surface area is 216 Å². The van der Waals surface area contributed by atoms with Crippen molar-refractivity contribution in [3.63, 3.8) is 0 Å². The van der Waals surface area contributed by atoms with Crippen LogP contribution >= 0.6 is 24.0 Å². The maximum atomic E-state index is 12.9. The third kappa shape index (κ3) is 7.57. The number of unbranched alkanes of at least 4 members (excludes halogenated alkanes) is 2. The minimum Gasteiger partial charge on any atom is -0.490 e. The molecule has 0 atom stereocenters. The fourth-order valence-electron chi connectivity index (χ4n) is 3.59. The fourth-order valence-corrected chi connectivity index (χ4v) is 4.90. The van der Waals surface area contributed by atoms with E-state index in [0.717, 1.165) is 30.4 Å². The Morgan fingerprint density at radius 1 is 1.09 bits per heavy atom. The minimum atomic E-state index is -0.212. The highest BCUT2D eigenvalue weighted by atomic mass is 32.2. The zero-order valence-electron chi connectivity index (χ0n) is 20.4. The highest BCUT2D eigenvalue weighted by Gasteiger charge is 2.31. The third-order valence-corrected chi connectivity index (χ3v) is 6.95. The van der Waals surface area contributed by atoms with Gasteiger partial charge in [0, 0.05) is 13.0 Å². The van der Waals surface area contributed by atoms with Gasteiger partial charge in [-0.3, -0.25) is 14.5 Å². The van der Waals surface area contributed by atoms with Crippen LogP contribution in [0.2, 0.25) is 0 Å². The molecule has 1 aliphatic rings. The highest BCUT2D eigenvalue weighted by Crippen LogP contribution is 2.35. The summed E-state index contributed by atoms with van der Waals surface area (Å²) in [7, 11) is 1.39. The van der Waals surface area contributed by atoms with Crippen LogP contribution in [0.1, 0.15) is 49.3 Å². The molecule has 1 aliphatic heterocycles. The number of benzene rings is 2. The van der Waals surface area contributed by atoms with E-state index in [1.165, 1.54) is 24.4 Å². The van der Waals surface area contributed by atoms with E-state index in [0.29, 0.717) is 46.9 Å². The first-order chi connectivity index (χ1) is 16.9. The number of nitrogens with zero attached hydrogens (tertiary/aromatic N) is 1. The van der Waals surface area contributed by atoms with E-state index in [9.17, 15) is 9.59 Å². The van der Waals surface area contributed by atoms with Gasteiger partial charge in [-0.15, -0.1) is 0 Å². The smallest absolute Gasteiger partial charge is 0.305 e. The Kier molecular flexibility index (Phi) is 10.2. The predicted octanol–water partition coefficient (Wildman–Crippen LogP) is 5.91. The van der Waals surface area contributed by atoms with Gasteiger partial charge in [-0.1, -0.05) is 60.7 Å². The SMILES string of the molecule is CCOc1cc(/C=C2\SC(=S)N(CCCCCC(=O)OC)C2=O)ccc1OCc1ccccc1C. The van der Waals surface area contributed by atoms with E-state index in [4.69, 9.17) is 21.7 Å². The summed E-state index contributed by atoms with van der Waals surface area (Å²) in [5, 5.41) is 0. The van der Waals surface area contributed by atoms with Crippen LogP contribution in [0.15, 0.2) is 47.4 Å². The first kappa shape index (κ1) is 26.8. The summed E-state index contributed by atoms with van der Waals surface area (Å²) in [4.78, 5) is 26.4. The number of rotatable bonds is 12. The number of thiocarbonyl (C=S) groups is 1. The molecule has 3 rings (SSSR count). The van der Waals surface area contributed by atoms with Crippen molar-refractivity contribution in [2.45, 2.75) is 46.1 Å². The molecule has 0 radical (unpaired) electrons. The van der Waals surface area contributed by atoms with Gasteiger partial charge in [0.05, 0.1) is 18.6 Å². The Morgan fingerprint density at radius 3 is 2.63 bits per heavy atom. The maximum absolute atomic E-state index is 12.9. The average Bonchev–Trinajstić information content (AvgIpc) is 3.11. The molecule has 0 aromatic heterocycles. The molecule has 1 fully saturated rings. The van der Waals surface area contributed by atoms with Crippen molar-refractivity contribution >= 4 is 46.3 Å². The molecule has 0 N–H and O–H groups in total. The molecule has 0 unspecified atom stereocenters. The second-order valence-electron chi connectivity index (χ2n) is 8.07. The van der Waals surface area contributed by atoms with E-state index in [2.05, 4.69) is 17.7 Å². The van der Waals surface area contributed by atoms with Crippen LogP contribution in [0.25, 0.3) is 6.08 Å². The van der Waals surface area contributed by atoms with Crippen LogP contribution in [0.5, 0.6) is 11.5 Å². The summed E-state index contributed by atoms with van der Waals surface area (Å²) >= 11 is 6.74. The molecule has 0 bridgehead atoms. The molecule has 2 aromatic carbocycles. The van der Waals surface area contributed by atoms with Crippen LogP contribution in [0, 0.1) is 6.92 Å². The van der Waals surface area contributed by atoms with Gasteiger partial charge in [-0.05, 0) is 61.6 Å². The van der Waals surface area contributed by atoms with Gasteiger partial charge < -0.3 is 14.2 Å². The van der Waals surface area contributed by atoms with Crippen LogP contribution in [0.3, 0.4) is 0 Å². The van der Waals surface area contributed by atoms with Gasteiger partial charge in [0.1, 0.15) is 10.9 Å². The van der Waals surface area contributed by atoms with Crippen molar-refractivity contribution in [2.24, 2.45) is 0 Å². The molecule has 1 heterocycles. The van der Waals surface area contributed by atoms with E-state index in [1.54, 1.807) is 4.90 Å². The van der Waals surface area contributed by atoms with Gasteiger partial charge in [-0.25, -0.2) is 0 Å². The standard InChI is InChI=1S/C27H31NO5S2/c1-4-32-23-16-20(13-14-22(23)33-18-21-11-8-7-10-19(21)2)17-24-26(30)28(27(34)35-24)15-9-5-6-12-25(29)31-3/h7-8,10-11,13-14,16-17H,4-6,9,12,15,18H2,1-3H3/b24-17-. The molecule has 2 aromatic rings. The Morgan fingerprint density at radius 2 is 1.89 bits per heavy atom. The minimum absolute atomic E-state index is 0.0918. The molecule has 1 saturated heterocycles. The first-order valence-electron chi connectivity index (χ1n) is 11.7. The summed E-state index contributed by atoms with van der Waals surface area (Å²) in [6.45, 7) is 5.48. The van der Waals surface area contributed by atoms with E-state index >= 15 is 0 Å². The summed E-state index contributed by atoms with van der Waals surface area (Å²) in [6.07, 6.45) is 4.56. The van der Waals surface area contributed by atoms with Crippen LogP contribution in [0.4, 0.5) is 0 Å². The van der Waals surface area contributed by atoms with Crippen molar-refractivity contribution < 1.29 is 23.8 Å². The maximum Gasteiger partial charge on any atom is 0.305 e. The van der Waals surface area contributed by atoms with E-state index in [-0.39, 0.29) is 11.9 Å². The number of carbonyl (C=O) groups excluding carboxylic acids is 2. The number of thioether (sulfide) groups is 1. The summed E-state index contributed by atoms with van der Waals surface area (Å²) in [5.41, 5.74) is 3.14. The molecule has 1 amide bonds. The van der Waals surface area contributed by atoms with Gasteiger partial charge in [0.15, 0.2) is 11.5 Å². The topological polar surface area (TPSA) is 65.1 Å². The number of hydrogen-bond donors (Lipinski definition) is 0. The molecular weight excluding hydrogens is 482 g/mol. The lowest BCUT2D eigenvalue weighted by Gasteiger charge is -2.14. The van der Waals surface area contributed by atoms with Crippen molar-refractivity contribution in [1.82, 2.24) is 4.90 Å². The lowest BCUT2D eigenvalue weighted by atomic mass is 10.1. The van der Waals surface area contributed by atoms with Crippen LogP contribution in [-0.4, -0.2) is 41.4 Å². The number of ether oxygens (including phenoxy) is 3. The molecule has 6 nitrogen and oxygen atoms in total. The zero-order chi connectivity index (χ0) is 25.2. The fraction of sp³-hybridized carbons (Fsp3) is 0.370. The summed E-state index contributed by atoms with van der Waals surface area (Å²) in [6, 6.07) is 13.8. The monoisotopic (exact) mass is 513 g/mol. The van der Waals surface area contributed by atoms with Crippen LogP contribution in [-0.2, 0) is 20.9 Å². The zero-order valence-corrected chi connectivity index (χ0v) is 22.0. The van der Waals surface area contributed by atoms with Gasteiger partial charge in [0.25, 0.3) is 5.91 Å². The predicted molar refractivity (Wildman–Crippen MR) is 143 cm³/mol. The first-order valence-corrected chi connectivity index (χ1v) is 12.9. The van der Waals surface area contributed by atoms with Crippen molar-refractivity contribution in [3.05, 3.63) is 64.1 Å². The molecule has 0 aliphatic carbocycles. The summed E-state index contributed by atoms with van der Waals surface area (Å²) in [5.74, 6) is 0.991. The van der Waals surface area contributed by atoms with Crippen LogP contribution < -0.4 is 9.47 Å². The number of hydrogen-bond acceptors (Lipinski definition) is 7. The molecule has 35 heavy (non-hydrogen) atoms. The highest BCUT2D eigenvalue weighted by molar-refractivity contribution is 8.26. The third-order valence-electron chi connectivity index (χ3n) is 5.57. The molecule has 0 spiro atoms. The van der Waals surface area contributed by atoms with Crippen molar-refractivity contribution in [2.75, 3.05) is 20.3 Å². The molecule has 186 valence electrons. The normalized spacial score (nSPS) is 14.5. The number of aryl methyl sites for hydroxylation is 1. The molecule has 0 saturated carbocycles. The quantitative estimate of drug-likeness (QED) is 0.151. The van der Waals surface area contributed by atoms with Crippen molar-refractivity contribution in [1.29, 1.82) is 0 Å². The largest absolute Gasteiger partial charge is 0.490 e. The van der Waals surface area contributed by atoms with Gasteiger partial charge in [-0.2, -0.15) is 0 Å². The number of esters is 1. The van der Waals surface area contributed by atoms with Gasteiger partial charge in [0.2, 0.25) is 0 Å². The summed E-state index contributed by atoms with van der Waals surface area (Å²) < 4.78 is 17.1. The molecular formula is C27H31NO5S2. The average molecular weight is 514 g/mol.